The molecule has 9 heteroatoms. The second kappa shape index (κ2) is 13.1. The van der Waals surface area contributed by atoms with E-state index in [2.05, 4.69) is 5.32 Å². The van der Waals surface area contributed by atoms with Gasteiger partial charge in [-0.25, -0.2) is 8.42 Å². The minimum absolute atomic E-state index is 0.0402. The van der Waals surface area contributed by atoms with Crippen LogP contribution in [-0.4, -0.2) is 63.2 Å². The Balaban J connectivity index is 2.35. The number of hydrogen-bond acceptors (Lipinski definition) is 5. The van der Waals surface area contributed by atoms with Crippen LogP contribution in [-0.2, 0) is 26.0 Å². The van der Waals surface area contributed by atoms with Gasteiger partial charge in [0.15, 0.2) is 0 Å². The van der Waals surface area contributed by atoms with E-state index < -0.39 is 28.5 Å². The van der Waals surface area contributed by atoms with Gasteiger partial charge in [0.1, 0.15) is 18.3 Å². The molecule has 2 atom stereocenters. The molecule has 0 aromatic heterocycles. The van der Waals surface area contributed by atoms with Crippen LogP contribution in [0.3, 0.4) is 0 Å². The van der Waals surface area contributed by atoms with Crippen molar-refractivity contribution in [1.82, 2.24) is 10.2 Å². The van der Waals surface area contributed by atoms with E-state index in [9.17, 15) is 18.0 Å². The number of carbonyl (C=O) groups is 2. The first-order valence-corrected chi connectivity index (χ1v) is 13.8. The van der Waals surface area contributed by atoms with Crippen molar-refractivity contribution in [2.75, 3.05) is 30.3 Å². The molecule has 0 heterocycles. The number of sulfonamides is 1. The van der Waals surface area contributed by atoms with Crippen molar-refractivity contribution in [2.45, 2.75) is 52.6 Å². The minimum atomic E-state index is -3.82. The molecule has 8 nitrogen and oxygen atoms in total. The van der Waals surface area contributed by atoms with Gasteiger partial charge >= 0.3 is 0 Å². The lowest BCUT2D eigenvalue weighted by Crippen LogP contribution is -2.53. The summed E-state index contributed by atoms with van der Waals surface area (Å²) in [6.07, 6.45) is 2.34. The van der Waals surface area contributed by atoms with Crippen molar-refractivity contribution in [3.8, 4) is 5.75 Å². The number of benzene rings is 2. The first-order valence-electron chi connectivity index (χ1n) is 11.9. The monoisotopic (exact) mass is 503 g/mol. The van der Waals surface area contributed by atoms with E-state index in [1.54, 1.807) is 38.1 Å². The largest absolute Gasteiger partial charge is 0.492 e. The van der Waals surface area contributed by atoms with Crippen LogP contribution in [0.4, 0.5) is 5.69 Å². The molecule has 2 aromatic rings. The number of amides is 2. The van der Waals surface area contributed by atoms with Crippen LogP contribution in [0.2, 0.25) is 0 Å². The maximum Gasteiger partial charge on any atom is 0.244 e. The Hall–Kier alpha value is -3.07. The van der Waals surface area contributed by atoms with Gasteiger partial charge in [-0.15, -0.1) is 0 Å². The van der Waals surface area contributed by atoms with Gasteiger partial charge in [-0.05, 0) is 51.3 Å². The summed E-state index contributed by atoms with van der Waals surface area (Å²) in [6, 6.07) is 15.5. The Labute approximate surface area is 209 Å². The number of nitrogens with one attached hydrogen (secondary N) is 1. The average molecular weight is 504 g/mol. The van der Waals surface area contributed by atoms with Gasteiger partial charge in [0.05, 0.1) is 18.6 Å². The van der Waals surface area contributed by atoms with Crippen molar-refractivity contribution in [3.05, 3.63) is 60.2 Å². The number of carbonyl (C=O) groups excluding carboxylic acids is 2. The summed E-state index contributed by atoms with van der Waals surface area (Å²) < 4.78 is 32.1. The lowest BCUT2D eigenvalue weighted by Gasteiger charge is -2.32. The molecule has 0 saturated heterocycles. The molecule has 2 unspecified atom stereocenters. The number of hydrogen-bond donors (Lipinski definition) is 1. The minimum Gasteiger partial charge on any atom is -0.492 e. The van der Waals surface area contributed by atoms with Crippen molar-refractivity contribution < 1.29 is 22.7 Å². The smallest absolute Gasteiger partial charge is 0.244 e. The highest BCUT2D eigenvalue weighted by atomic mass is 32.2. The van der Waals surface area contributed by atoms with Crippen molar-refractivity contribution in [1.29, 1.82) is 0 Å². The van der Waals surface area contributed by atoms with Crippen molar-refractivity contribution in [3.63, 3.8) is 0 Å². The third-order valence-electron chi connectivity index (χ3n) is 5.77. The summed E-state index contributed by atoms with van der Waals surface area (Å²) >= 11 is 0. The van der Waals surface area contributed by atoms with Gasteiger partial charge in [-0.2, -0.15) is 0 Å². The van der Waals surface area contributed by atoms with Gasteiger partial charge in [0.25, 0.3) is 0 Å². The molecule has 2 rings (SSSR count). The fourth-order valence-corrected chi connectivity index (χ4v) is 4.42. The molecule has 0 spiro atoms. The SMILES string of the molecule is CCOc1ccccc1N(CC(=O)N(CCc1ccccc1)C(C)C(=O)NC(C)CC)S(C)(=O)=O. The van der Waals surface area contributed by atoms with E-state index in [4.69, 9.17) is 4.74 Å². The predicted molar refractivity (Wildman–Crippen MR) is 139 cm³/mol. The van der Waals surface area contributed by atoms with E-state index in [1.807, 2.05) is 44.2 Å². The summed E-state index contributed by atoms with van der Waals surface area (Å²) in [5.41, 5.74) is 1.30. The van der Waals surface area contributed by atoms with Gasteiger partial charge in [0.2, 0.25) is 21.8 Å². The van der Waals surface area contributed by atoms with Gasteiger partial charge in [0, 0.05) is 12.6 Å². The van der Waals surface area contributed by atoms with Crippen molar-refractivity contribution >= 4 is 27.5 Å². The summed E-state index contributed by atoms with van der Waals surface area (Å²) in [5, 5.41) is 2.92. The fourth-order valence-electron chi connectivity index (χ4n) is 3.57. The van der Waals surface area contributed by atoms with Crippen LogP contribution in [0.15, 0.2) is 54.6 Å². The molecule has 0 aliphatic carbocycles. The zero-order valence-corrected chi connectivity index (χ0v) is 22.0. The van der Waals surface area contributed by atoms with E-state index >= 15 is 0 Å². The van der Waals surface area contributed by atoms with Crippen molar-refractivity contribution in [2.24, 2.45) is 0 Å². The maximum atomic E-state index is 13.6. The Bertz CT molecular complexity index is 1080. The molecule has 35 heavy (non-hydrogen) atoms. The van der Waals surface area contributed by atoms with E-state index in [0.717, 1.165) is 22.5 Å². The van der Waals surface area contributed by atoms with Gasteiger partial charge in [-0.3, -0.25) is 13.9 Å². The summed E-state index contributed by atoms with van der Waals surface area (Å²) in [6.45, 7) is 7.50. The Morgan fingerprint density at radius 1 is 1.00 bits per heavy atom. The Morgan fingerprint density at radius 2 is 1.63 bits per heavy atom. The van der Waals surface area contributed by atoms with Gasteiger partial charge < -0.3 is 15.0 Å². The molecule has 2 amide bonds. The average Bonchev–Trinajstić information content (AvgIpc) is 2.83. The summed E-state index contributed by atoms with van der Waals surface area (Å²) in [4.78, 5) is 27.9. The molecular weight excluding hydrogens is 466 g/mol. The Kier molecular flexibility index (Phi) is 10.6. The fraction of sp³-hybridized carbons (Fsp3) is 0.462. The highest BCUT2D eigenvalue weighted by Gasteiger charge is 2.31. The second-order valence-electron chi connectivity index (χ2n) is 8.49. The highest BCUT2D eigenvalue weighted by Crippen LogP contribution is 2.30. The lowest BCUT2D eigenvalue weighted by atomic mass is 10.1. The second-order valence-corrected chi connectivity index (χ2v) is 10.4. The molecule has 0 aliphatic heterocycles. The Morgan fingerprint density at radius 3 is 2.23 bits per heavy atom. The maximum absolute atomic E-state index is 13.6. The molecule has 0 radical (unpaired) electrons. The zero-order valence-electron chi connectivity index (χ0n) is 21.2. The number of para-hydroxylation sites is 2. The molecule has 0 fully saturated rings. The number of ether oxygens (including phenoxy) is 1. The van der Waals surface area contributed by atoms with E-state index in [1.165, 1.54) is 4.90 Å². The van der Waals surface area contributed by atoms with Crippen LogP contribution in [0.1, 0.15) is 39.7 Å². The quantitative estimate of drug-likeness (QED) is 0.453. The molecule has 2 aromatic carbocycles. The molecule has 0 bridgehead atoms. The number of anilines is 1. The van der Waals surface area contributed by atoms with Crippen LogP contribution < -0.4 is 14.4 Å². The summed E-state index contributed by atoms with van der Waals surface area (Å²) in [5.74, 6) is -0.377. The highest BCUT2D eigenvalue weighted by molar-refractivity contribution is 7.92. The number of nitrogens with zero attached hydrogens (tertiary/aromatic N) is 2. The molecule has 0 aliphatic rings. The summed E-state index contributed by atoms with van der Waals surface area (Å²) in [7, 11) is -3.82. The van der Waals surface area contributed by atoms with E-state index in [-0.39, 0.29) is 24.2 Å². The lowest BCUT2D eigenvalue weighted by molar-refractivity contribution is -0.139. The molecule has 1 N–H and O–H groups in total. The topological polar surface area (TPSA) is 96.0 Å². The molecule has 0 saturated carbocycles. The van der Waals surface area contributed by atoms with Crippen LogP contribution in [0.5, 0.6) is 5.75 Å². The van der Waals surface area contributed by atoms with Crippen LogP contribution in [0.25, 0.3) is 0 Å². The standard InChI is InChI=1S/C26H37N3O5S/c1-6-20(3)27-26(31)21(4)28(18-17-22-13-9-8-10-14-22)25(30)19-29(35(5,32)33)23-15-11-12-16-24(23)34-7-2/h8-16,20-21H,6-7,17-19H2,1-5H3,(H,27,31). The van der Waals surface area contributed by atoms with Crippen LogP contribution >= 0.6 is 0 Å². The molecule has 192 valence electrons. The first-order chi connectivity index (χ1) is 16.6. The van der Waals surface area contributed by atoms with Gasteiger partial charge in [-0.1, -0.05) is 49.4 Å². The van der Waals surface area contributed by atoms with Crippen LogP contribution in [0, 0.1) is 0 Å². The molecular formula is C26H37N3O5S. The number of rotatable bonds is 13. The zero-order chi connectivity index (χ0) is 26.0. The third-order valence-corrected chi connectivity index (χ3v) is 6.89. The normalized spacial score (nSPS) is 12.9. The first kappa shape index (κ1) is 28.2. The van der Waals surface area contributed by atoms with E-state index in [0.29, 0.717) is 18.8 Å². The third kappa shape index (κ3) is 8.28. The predicted octanol–water partition coefficient (Wildman–Crippen LogP) is 3.23.